The van der Waals surface area contributed by atoms with E-state index in [0.717, 1.165) is 6.07 Å². The minimum atomic E-state index is -4.83. The molecule has 0 spiro atoms. The largest absolute Gasteiger partial charge is 0.495 e. The van der Waals surface area contributed by atoms with Gasteiger partial charge >= 0.3 is 0 Å². The highest BCUT2D eigenvalue weighted by Gasteiger charge is 2.23. The smallest absolute Gasteiger partial charge is 0.297 e. The van der Waals surface area contributed by atoms with Gasteiger partial charge in [-0.25, -0.2) is 0 Å². The molecule has 0 heterocycles. The van der Waals surface area contributed by atoms with Crippen molar-refractivity contribution in [2.75, 3.05) is 12.8 Å². The molecule has 3 aromatic rings. The Labute approximate surface area is 172 Å². The Balaban J connectivity index is 2.27. The lowest BCUT2D eigenvalue weighted by molar-refractivity contribution is 0.417. The van der Waals surface area contributed by atoms with Crippen LogP contribution in [-0.2, 0) is 20.2 Å². The molecule has 0 aromatic heterocycles. The Morgan fingerprint density at radius 1 is 0.900 bits per heavy atom. The number of hydrogen-bond acceptors (Lipinski definition) is 8. The molecule has 4 N–H and O–H groups in total. The SMILES string of the molecule is COc1cc(N=Nc2ccc3c(S(=O)(=O)O)cccc3c2S(=O)(=O)O)c(C)cc1N. The van der Waals surface area contributed by atoms with Gasteiger partial charge in [-0.15, -0.1) is 5.11 Å². The van der Waals surface area contributed by atoms with Crippen LogP contribution in [0.1, 0.15) is 5.56 Å². The zero-order valence-corrected chi connectivity index (χ0v) is 17.4. The van der Waals surface area contributed by atoms with Gasteiger partial charge in [0.25, 0.3) is 20.2 Å². The molecule has 0 saturated heterocycles. The van der Waals surface area contributed by atoms with Crippen molar-refractivity contribution < 1.29 is 30.7 Å². The van der Waals surface area contributed by atoms with Crippen LogP contribution >= 0.6 is 0 Å². The van der Waals surface area contributed by atoms with E-state index >= 15 is 0 Å². The molecule has 0 radical (unpaired) electrons. The molecule has 0 bridgehead atoms. The van der Waals surface area contributed by atoms with E-state index in [4.69, 9.17) is 10.5 Å². The number of benzene rings is 3. The number of aryl methyl sites for hydroxylation is 1. The van der Waals surface area contributed by atoms with E-state index in [-0.39, 0.29) is 16.5 Å². The van der Waals surface area contributed by atoms with Crippen LogP contribution in [-0.4, -0.2) is 33.1 Å². The second kappa shape index (κ2) is 7.65. The molecule has 158 valence electrons. The summed E-state index contributed by atoms with van der Waals surface area (Å²) in [5.41, 5.74) is 6.96. The van der Waals surface area contributed by atoms with Crippen molar-refractivity contribution in [1.82, 2.24) is 0 Å². The van der Waals surface area contributed by atoms with Crippen molar-refractivity contribution in [3.05, 3.63) is 48.0 Å². The zero-order chi connectivity index (χ0) is 22.3. The molecule has 0 aliphatic carbocycles. The third-order valence-electron chi connectivity index (χ3n) is 4.30. The average molecular weight is 451 g/mol. The minimum Gasteiger partial charge on any atom is -0.495 e. The Morgan fingerprint density at radius 2 is 1.57 bits per heavy atom. The van der Waals surface area contributed by atoms with Crippen molar-refractivity contribution >= 4 is 48.1 Å². The van der Waals surface area contributed by atoms with Gasteiger partial charge in [-0.05, 0) is 30.7 Å². The predicted octanol–water partition coefficient (Wildman–Crippen LogP) is 3.65. The van der Waals surface area contributed by atoms with Crippen LogP contribution < -0.4 is 10.5 Å². The summed E-state index contributed by atoms with van der Waals surface area (Å²) < 4.78 is 71.6. The van der Waals surface area contributed by atoms with Crippen molar-refractivity contribution in [2.45, 2.75) is 16.7 Å². The molecular weight excluding hydrogens is 434 g/mol. The lowest BCUT2D eigenvalue weighted by Crippen LogP contribution is -2.03. The van der Waals surface area contributed by atoms with Gasteiger partial charge in [0.15, 0.2) is 0 Å². The van der Waals surface area contributed by atoms with Crippen LogP contribution in [0.4, 0.5) is 17.1 Å². The third-order valence-corrected chi connectivity index (χ3v) is 6.16. The summed E-state index contributed by atoms with van der Waals surface area (Å²) >= 11 is 0. The van der Waals surface area contributed by atoms with Crippen LogP contribution in [0.2, 0.25) is 0 Å². The standard InChI is InChI=1S/C18H17N3O7S2/c1-10-8-13(19)16(28-2)9-15(10)21-20-14-7-6-11-12(18(14)30(25,26)27)4-3-5-17(11)29(22,23)24/h3-9H,19H2,1-2H3,(H,22,23,24)(H,25,26,27). The first-order valence-corrected chi connectivity index (χ1v) is 11.2. The molecule has 30 heavy (non-hydrogen) atoms. The van der Waals surface area contributed by atoms with Crippen LogP contribution in [0.5, 0.6) is 5.75 Å². The summed E-state index contributed by atoms with van der Waals surface area (Å²) in [5.74, 6) is 0.348. The molecule has 0 aliphatic heterocycles. The number of nitrogens with zero attached hydrogens (tertiary/aromatic N) is 2. The van der Waals surface area contributed by atoms with Crippen LogP contribution in [0, 0.1) is 6.92 Å². The summed E-state index contributed by atoms with van der Waals surface area (Å²) in [7, 11) is -8.04. The van der Waals surface area contributed by atoms with Crippen molar-refractivity contribution in [3.63, 3.8) is 0 Å². The maximum atomic E-state index is 12.1. The first-order valence-electron chi connectivity index (χ1n) is 8.30. The Hall–Kier alpha value is -3.06. The Morgan fingerprint density at radius 3 is 2.17 bits per heavy atom. The maximum Gasteiger partial charge on any atom is 0.297 e. The highest BCUT2D eigenvalue weighted by Crippen LogP contribution is 2.37. The summed E-state index contributed by atoms with van der Waals surface area (Å²) in [6.07, 6.45) is 0. The van der Waals surface area contributed by atoms with E-state index in [0.29, 0.717) is 22.7 Å². The molecule has 3 rings (SSSR count). The van der Waals surface area contributed by atoms with E-state index in [1.807, 2.05) is 0 Å². The number of rotatable bonds is 5. The number of anilines is 1. The topological polar surface area (TPSA) is 169 Å². The zero-order valence-electron chi connectivity index (χ0n) is 15.8. The molecule has 3 aromatic carbocycles. The minimum absolute atomic E-state index is 0.100. The van der Waals surface area contributed by atoms with E-state index in [2.05, 4.69) is 10.2 Å². The molecule has 0 amide bonds. The number of nitrogens with two attached hydrogens (primary N) is 1. The van der Waals surface area contributed by atoms with Gasteiger partial charge < -0.3 is 10.5 Å². The fourth-order valence-electron chi connectivity index (χ4n) is 2.96. The van der Waals surface area contributed by atoms with Crippen molar-refractivity contribution in [3.8, 4) is 5.75 Å². The summed E-state index contributed by atoms with van der Waals surface area (Å²) in [4.78, 5) is -1.15. The average Bonchev–Trinajstić information content (AvgIpc) is 2.64. The number of nitrogen functional groups attached to an aromatic ring is 1. The number of ether oxygens (including phenoxy) is 1. The van der Waals surface area contributed by atoms with E-state index in [1.165, 1.54) is 37.4 Å². The molecule has 0 saturated carbocycles. The number of azo groups is 1. The van der Waals surface area contributed by atoms with Crippen molar-refractivity contribution in [1.29, 1.82) is 0 Å². The highest BCUT2D eigenvalue weighted by molar-refractivity contribution is 7.86. The molecule has 10 nitrogen and oxygen atoms in total. The van der Waals surface area contributed by atoms with Crippen molar-refractivity contribution in [2.24, 2.45) is 10.2 Å². The van der Waals surface area contributed by atoms with Gasteiger partial charge in [-0.3, -0.25) is 9.11 Å². The highest BCUT2D eigenvalue weighted by atomic mass is 32.2. The van der Waals surface area contributed by atoms with Gasteiger partial charge in [-0.1, -0.05) is 18.2 Å². The van der Waals surface area contributed by atoms with Crippen LogP contribution in [0.15, 0.2) is 62.5 Å². The number of hydrogen-bond donors (Lipinski definition) is 3. The van der Waals surface area contributed by atoms with E-state index in [9.17, 15) is 25.9 Å². The summed E-state index contributed by atoms with van der Waals surface area (Å²) in [6, 6.07) is 9.18. The maximum absolute atomic E-state index is 12.1. The van der Waals surface area contributed by atoms with Gasteiger partial charge in [0, 0.05) is 16.8 Å². The molecule has 12 heteroatoms. The van der Waals surface area contributed by atoms with E-state index in [1.54, 1.807) is 13.0 Å². The molecule has 0 unspecified atom stereocenters. The summed E-state index contributed by atoms with van der Waals surface area (Å²) in [5, 5.41) is 7.71. The lowest BCUT2D eigenvalue weighted by Gasteiger charge is -2.10. The van der Waals surface area contributed by atoms with Gasteiger partial charge in [0.05, 0.1) is 18.5 Å². The molecular formula is C18H17N3O7S2. The summed E-state index contributed by atoms with van der Waals surface area (Å²) in [6.45, 7) is 1.71. The monoisotopic (exact) mass is 451 g/mol. The second-order valence-corrected chi connectivity index (χ2v) is 9.04. The lowest BCUT2D eigenvalue weighted by atomic mass is 10.1. The van der Waals surface area contributed by atoms with E-state index < -0.39 is 30.0 Å². The first-order chi connectivity index (χ1) is 13.9. The Bertz CT molecular complexity index is 1400. The molecule has 0 atom stereocenters. The quantitative estimate of drug-likeness (QED) is 0.300. The molecule has 0 aliphatic rings. The first kappa shape index (κ1) is 21.6. The van der Waals surface area contributed by atoms with Gasteiger partial charge in [0.2, 0.25) is 0 Å². The predicted molar refractivity (Wildman–Crippen MR) is 110 cm³/mol. The van der Waals surface area contributed by atoms with Crippen LogP contribution in [0.25, 0.3) is 10.8 Å². The van der Waals surface area contributed by atoms with Gasteiger partial charge in [0.1, 0.15) is 21.2 Å². The normalized spacial score (nSPS) is 12.5. The third kappa shape index (κ3) is 4.11. The number of fused-ring (bicyclic) bond motifs is 1. The van der Waals surface area contributed by atoms with Crippen LogP contribution in [0.3, 0.4) is 0 Å². The molecule has 0 fully saturated rings. The number of methoxy groups -OCH3 is 1. The second-order valence-electron chi connectivity index (χ2n) is 6.30. The fourth-order valence-corrected chi connectivity index (χ4v) is 4.49. The Kier molecular flexibility index (Phi) is 5.52. The fraction of sp³-hybridized carbons (Fsp3) is 0.111. The van der Waals surface area contributed by atoms with Gasteiger partial charge in [-0.2, -0.15) is 21.9 Å².